The Balaban J connectivity index is 1.57. The number of aliphatic hydroxyl groups is 1. The van der Waals surface area contributed by atoms with E-state index in [0.717, 1.165) is 63.4 Å². The Morgan fingerprint density at radius 2 is 2.26 bits per heavy atom. The minimum absolute atomic E-state index is 0.286. The zero-order valence-electron chi connectivity index (χ0n) is 11.5. The number of hydrogen-bond donors (Lipinski definition) is 1. The lowest BCUT2D eigenvalue weighted by molar-refractivity contribution is -0.177. The van der Waals surface area contributed by atoms with Gasteiger partial charge in [-0.25, -0.2) is 0 Å². The number of likely N-dealkylation sites (tertiary alicyclic amines) is 1. The molecule has 0 saturated carbocycles. The van der Waals surface area contributed by atoms with Crippen LogP contribution in [0.15, 0.2) is 10.6 Å². The summed E-state index contributed by atoms with van der Waals surface area (Å²) < 4.78 is 11.2. The highest BCUT2D eigenvalue weighted by molar-refractivity contribution is 5.04. The highest BCUT2D eigenvalue weighted by Crippen LogP contribution is 2.35. The van der Waals surface area contributed by atoms with Crippen molar-refractivity contribution in [1.82, 2.24) is 10.1 Å². The van der Waals surface area contributed by atoms with Crippen molar-refractivity contribution in [3.63, 3.8) is 0 Å². The van der Waals surface area contributed by atoms with Crippen molar-refractivity contribution < 1.29 is 14.4 Å². The lowest BCUT2D eigenvalue weighted by Gasteiger charge is -2.46. The van der Waals surface area contributed by atoms with Crippen LogP contribution in [-0.2, 0) is 11.3 Å². The van der Waals surface area contributed by atoms with Crippen molar-refractivity contribution in [3.8, 4) is 0 Å². The summed E-state index contributed by atoms with van der Waals surface area (Å²) in [7, 11) is 0. The fourth-order valence-corrected chi connectivity index (χ4v) is 3.19. The van der Waals surface area contributed by atoms with E-state index in [9.17, 15) is 5.11 Å². The van der Waals surface area contributed by atoms with Crippen LogP contribution in [0, 0.1) is 6.92 Å². The smallest absolute Gasteiger partial charge is 0.150 e. The Hall–Kier alpha value is -0.910. The molecule has 3 rings (SSSR count). The molecule has 2 fully saturated rings. The number of hydrogen-bond acceptors (Lipinski definition) is 5. The molecule has 0 amide bonds. The Bertz CT molecular complexity index is 424. The fourth-order valence-electron chi connectivity index (χ4n) is 3.19. The quantitative estimate of drug-likeness (QED) is 0.879. The first-order valence-corrected chi connectivity index (χ1v) is 7.14. The van der Waals surface area contributed by atoms with Crippen molar-refractivity contribution in [1.29, 1.82) is 0 Å². The van der Waals surface area contributed by atoms with Gasteiger partial charge in [-0.3, -0.25) is 4.90 Å². The molecular weight excluding hydrogens is 244 g/mol. The maximum atomic E-state index is 10.2. The maximum absolute atomic E-state index is 10.2. The number of rotatable bonds is 2. The van der Waals surface area contributed by atoms with Crippen LogP contribution in [0.1, 0.15) is 37.1 Å². The van der Waals surface area contributed by atoms with Crippen LogP contribution in [0.4, 0.5) is 0 Å². The normalized spacial score (nSPS) is 27.8. The first kappa shape index (κ1) is 13.1. The number of ether oxygens (including phenoxy) is 1. The predicted molar refractivity (Wildman–Crippen MR) is 69.7 cm³/mol. The summed E-state index contributed by atoms with van der Waals surface area (Å²) in [6.45, 7) is 5.41. The van der Waals surface area contributed by atoms with Gasteiger partial charge in [0.2, 0.25) is 0 Å². The first-order chi connectivity index (χ1) is 9.18. The van der Waals surface area contributed by atoms with Gasteiger partial charge in [0.1, 0.15) is 0 Å². The lowest BCUT2D eigenvalue weighted by atomic mass is 9.82. The van der Waals surface area contributed by atoms with Gasteiger partial charge in [-0.2, -0.15) is 0 Å². The molecule has 1 spiro atoms. The number of piperidine rings is 1. The van der Waals surface area contributed by atoms with Crippen LogP contribution >= 0.6 is 0 Å². The van der Waals surface area contributed by atoms with Crippen LogP contribution in [0.3, 0.4) is 0 Å². The van der Waals surface area contributed by atoms with E-state index in [4.69, 9.17) is 9.26 Å². The Morgan fingerprint density at radius 1 is 1.47 bits per heavy atom. The molecule has 1 aromatic heterocycles. The average Bonchev–Trinajstić information content (AvgIpc) is 2.81. The molecule has 3 heterocycles. The van der Waals surface area contributed by atoms with Crippen LogP contribution < -0.4 is 0 Å². The van der Waals surface area contributed by atoms with E-state index in [0.29, 0.717) is 0 Å². The number of nitrogens with zero attached hydrogens (tertiary/aromatic N) is 2. The predicted octanol–water partition coefficient (Wildman–Crippen LogP) is 1.49. The van der Waals surface area contributed by atoms with E-state index in [1.807, 2.05) is 13.0 Å². The summed E-state index contributed by atoms with van der Waals surface area (Å²) in [4.78, 5) is 2.34. The molecule has 0 aliphatic carbocycles. The standard InChI is InChI=1S/C14H22N2O3/c1-11-9-12(19-15-11)10-16-6-4-14(5-7-16)13(17)3-2-8-18-14/h9,13,17H,2-8,10H2,1H3/t13-/m0/s1. The summed E-state index contributed by atoms with van der Waals surface area (Å²) in [5, 5.41) is 14.1. The summed E-state index contributed by atoms with van der Waals surface area (Å²) in [6, 6.07) is 1.98. The Morgan fingerprint density at radius 3 is 2.89 bits per heavy atom. The molecule has 0 aromatic carbocycles. The second-order valence-corrected chi connectivity index (χ2v) is 5.78. The van der Waals surface area contributed by atoms with Gasteiger partial charge in [-0.1, -0.05) is 5.16 Å². The van der Waals surface area contributed by atoms with Gasteiger partial charge in [0, 0.05) is 25.8 Å². The summed E-state index contributed by atoms with van der Waals surface area (Å²) in [6.07, 6.45) is 3.37. The molecule has 2 aliphatic rings. The van der Waals surface area contributed by atoms with E-state index in [2.05, 4.69) is 10.1 Å². The summed E-state index contributed by atoms with van der Waals surface area (Å²) in [5.74, 6) is 0.915. The molecule has 2 aliphatic heterocycles. The highest BCUT2D eigenvalue weighted by atomic mass is 16.5. The minimum atomic E-state index is -0.295. The molecule has 106 valence electrons. The first-order valence-electron chi connectivity index (χ1n) is 7.14. The Labute approximate surface area is 113 Å². The molecule has 0 radical (unpaired) electrons. The van der Waals surface area contributed by atoms with Gasteiger partial charge in [-0.05, 0) is 32.6 Å². The molecule has 0 unspecified atom stereocenters. The van der Waals surface area contributed by atoms with Gasteiger partial charge in [0.15, 0.2) is 5.76 Å². The molecule has 5 nitrogen and oxygen atoms in total. The molecule has 0 bridgehead atoms. The summed E-state index contributed by atoms with van der Waals surface area (Å²) >= 11 is 0. The van der Waals surface area contributed by atoms with E-state index in [-0.39, 0.29) is 11.7 Å². The highest BCUT2D eigenvalue weighted by Gasteiger charge is 2.43. The third-order valence-electron chi connectivity index (χ3n) is 4.38. The molecular formula is C14H22N2O3. The molecule has 1 aromatic rings. The molecule has 5 heteroatoms. The number of aryl methyl sites for hydroxylation is 1. The SMILES string of the molecule is Cc1cc(CN2CCC3(CC2)OCCC[C@@H]3O)on1. The number of aliphatic hydroxyl groups excluding tert-OH is 1. The molecule has 2 saturated heterocycles. The van der Waals surface area contributed by atoms with E-state index >= 15 is 0 Å². The van der Waals surface area contributed by atoms with Gasteiger partial charge >= 0.3 is 0 Å². The second-order valence-electron chi connectivity index (χ2n) is 5.78. The lowest BCUT2D eigenvalue weighted by Crippen LogP contribution is -2.55. The third kappa shape index (κ3) is 2.68. The maximum Gasteiger partial charge on any atom is 0.150 e. The largest absolute Gasteiger partial charge is 0.390 e. The zero-order chi connectivity index (χ0) is 13.3. The van der Waals surface area contributed by atoms with E-state index in [1.54, 1.807) is 0 Å². The number of aromatic nitrogens is 1. The topological polar surface area (TPSA) is 58.7 Å². The van der Waals surface area contributed by atoms with Crippen molar-refractivity contribution in [2.24, 2.45) is 0 Å². The zero-order valence-corrected chi connectivity index (χ0v) is 11.5. The van der Waals surface area contributed by atoms with Crippen LogP contribution in [0.25, 0.3) is 0 Å². The van der Waals surface area contributed by atoms with Crippen molar-refractivity contribution in [3.05, 3.63) is 17.5 Å². The van der Waals surface area contributed by atoms with Crippen molar-refractivity contribution in [2.45, 2.75) is 50.9 Å². The second kappa shape index (κ2) is 5.23. The van der Waals surface area contributed by atoms with Crippen molar-refractivity contribution in [2.75, 3.05) is 19.7 Å². The van der Waals surface area contributed by atoms with Crippen molar-refractivity contribution >= 4 is 0 Å². The van der Waals surface area contributed by atoms with Crippen LogP contribution in [-0.4, -0.2) is 46.6 Å². The van der Waals surface area contributed by atoms with Crippen LogP contribution in [0.2, 0.25) is 0 Å². The van der Waals surface area contributed by atoms with E-state index in [1.165, 1.54) is 0 Å². The van der Waals surface area contributed by atoms with E-state index < -0.39 is 0 Å². The van der Waals surface area contributed by atoms with Gasteiger partial charge < -0.3 is 14.4 Å². The average molecular weight is 266 g/mol. The van der Waals surface area contributed by atoms with Gasteiger partial charge in [0.05, 0.1) is 23.9 Å². The fraction of sp³-hybridized carbons (Fsp3) is 0.786. The summed E-state index contributed by atoms with van der Waals surface area (Å²) in [5.41, 5.74) is 0.640. The molecule has 1 atom stereocenters. The molecule has 19 heavy (non-hydrogen) atoms. The van der Waals surface area contributed by atoms with Gasteiger partial charge in [-0.15, -0.1) is 0 Å². The third-order valence-corrected chi connectivity index (χ3v) is 4.38. The molecule has 1 N–H and O–H groups in total. The monoisotopic (exact) mass is 266 g/mol. The Kier molecular flexibility index (Phi) is 3.60. The van der Waals surface area contributed by atoms with Gasteiger partial charge in [0.25, 0.3) is 0 Å². The minimum Gasteiger partial charge on any atom is -0.390 e. The van der Waals surface area contributed by atoms with Crippen LogP contribution in [0.5, 0.6) is 0 Å².